The summed E-state index contributed by atoms with van der Waals surface area (Å²) in [5, 5.41) is 3.13. The van der Waals surface area contributed by atoms with E-state index in [1.165, 1.54) is 4.90 Å². The minimum atomic E-state index is -0.356. The van der Waals surface area contributed by atoms with Gasteiger partial charge in [0.1, 0.15) is 17.2 Å². The van der Waals surface area contributed by atoms with Crippen molar-refractivity contribution in [1.82, 2.24) is 4.90 Å². The fourth-order valence-corrected chi connectivity index (χ4v) is 3.21. The van der Waals surface area contributed by atoms with Crippen molar-refractivity contribution < 1.29 is 19.1 Å². The summed E-state index contributed by atoms with van der Waals surface area (Å²) >= 11 is 0. The number of carbonyl (C=O) groups excluding carboxylic acids is 2. The molecule has 0 saturated heterocycles. The highest BCUT2D eigenvalue weighted by atomic mass is 16.5. The third-order valence-electron chi connectivity index (χ3n) is 4.46. The average molecular weight is 380 g/mol. The van der Waals surface area contributed by atoms with Gasteiger partial charge in [-0.1, -0.05) is 44.2 Å². The molecule has 0 fully saturated rings. The molecule has 0 aliphatic carbocycles. The average Bonchev–Trinajstić information content (AvgIpc) is 2.92. The molecule has 0 saturated carbocycles. The minimum Gasteiger partial charge on any atom is -0.496 e. The molecule has 0 aromatic heterocycles. The number of hydrogen-bond donors (Lipinski definition) is 1. The number of nitrogens with zero attached hydrogens (tertiary/aromatic N) is 1. The highest BCUT2D eigenvalue weighted by molar-refractivity contribution is 6.37. The molecular weight excluding hydrogens is 356 g/mol. The number of carbonyl (C=O) groups is 2. The van der Waals surface area contributed by atoms with E-state index in [9.17, 15) is 9.59 Å². The Bertz CT molecular complexity index is 934. The van der Waals surface area contributed by atoms with Crippen molar-refractivity contribution in [2.24, 2.45) is 5.92 Å². The lowest BCUT2D eigenvalue weighted by atomic mass is 10.0. The molecule has 0 unspecified atom stereocenters. The third-order valence-corrected chi connectivity index (χ3v) is 4.46. The second-order valence-electron chi connectivity index (χ2n) is 6.89. The lowest BCUT2D eigenvalue weighted by Gasteiger charge is -2.17. The van der Waals surface area contributed by atoms with E-state index < -0.39 is 0 Å². The molecule has 0 spiro atoms. The van der Waals surface area contributed by atoms with Crippen LogP contribution in [0.2, 0.25) is 0 Å². The summed E-state index contributed by atoms with van der Waals surface area (Å²) in [7, 11) is 3.10. The molecule has 2 aromatic rings. The van der Waals surface area contributed by atoms with Crippen LogP contribution in [0.25, 0.3) is 5.57 Å². The molecule has 6 nitrogen and oxygen atoms in total. The Hall–Kier alpha value is -3.28. The maximum absolute atomic E-state index is 13.2. The third kappa shape index (κ3) is 3.58. The Kier molecular flexibility index (Phi) is 5.68. The van der Waals surface area contributed by atoms with Crippen molar-refractivity contribution in [3.8, 4) is 11.5 Å². The number of rotatable bonds is 7. The molecular formula is C22H24N2O4. The quantitative estimate of drug-likeness (QED) is 0.744. The van der Waals surface area contributed by atoms with Gasteiger partial charge >= 0.3 is 0 Å². The Morgan fingerprint density at radius 3 is 2.14 bits per heavy atom. The predicted molar refractivity (Wildman–Crippen MR) is 108 cm³/mol. The second-order valence-corrected chi connectivity index (χ2v) is 6.89. The van der Waals surface area contributed by atoms with Gasteiger partial charge in [0, 0.05) is 12.1 Å². The van der Waals surface area contributed by atoms with Crippen molar-refractivity contribution >= 4 is 23.1 Å². The molecule has 1 aliphatic rings. The zero-order chi connectivity index (χ0) is 20.3. The van der Waals surface area contributed by atoms with Crippen LogP contribution >= 0.6 is 0 Å². The van der Waals surface area contributed by atoms with E-state index in [4.69, 9.17) is 9.47 Å². The Labute approximate surface area is 164 Å². The first-order valence-electron chi connectivity index (χ1n) is 9.11. The lowest BCUT2D eigenvalue weighted by Crippen LogP contribution is -2.35. The van der Waals surface area contributed by atoms with Crippen molar-refractivity contribution in [2.75, 3.05) is 26.1 Å². The van der Waals surface area contributed by atoms with Gasteiger partial charge in [0.2, 0.25) is 0 Å². The van der Waals surface area contributed by atoms with Crippen molar-refractivity contribution in [1.29, 1.82) is 0 Å². The molecule has 2 amide bonds. The van der Waals surface area contributed by atoms with Crippen LogP contribution in [0.4, 0.5) is 5.69 Å². The predicted octanol–water partition coefficient (Wildman–Crippen LogP) is 3.55. The van der Waals surface area contributed by atoms with Crippen LogP contribution in [0.15, 0.2) is 54.2 Å². The lowest BCUT2D eigenvalue weighted by molar-refractivity contribution is -0.137. The molecule has 0 atom stereocenters. The first-order valence-corrected chi connectivity index (χ1v) is 9.11. The number of para-hydroxylation sites is 3. The largest absolute Gasteiger partial charge is 0.496 e. The van der Waals surface area contributed by atoms with Gasteiger partial charge < -0.3 is 14.8 Å². The minimum absolute atomic E-state index is 0.150. The van der Waals surface area contributed by atoms with Gasteiger partial charge in [-0.25, -0.2) is 0 Å². The molecule has 146 valence electrons. The molecule has 1 N–H and O–H groups in total. The van der Waals surface area contributed by atoms with Gasteiger partial charge in [0.05, 0.1) is 25.5 Å². The van der Waals surface area contributed by atoms with Crippen LogP contribution in [-0.2, 0) is 9.59 Å². The van der Waals surface area contributed by atoms with E-state index in [-0.39, 0.29) is 23.4 Å². The zero-order valence-electron chi connectivity index (χ0n) is 16.5. The maximum atomic E-state index is 13.2. The summed E-state index contributed by atoms with van der Waals surface area (Å²) in [6, 6.07) is 14.5. The Morgan fingerprint density at radius 2 is 1.50 bits per heavy atom. The summed E-state index contributed by atoms with van der Waals surface area (Å²) < 4.78 is 10.8. The van der Waals surface area contributed by atoms with Crippen LogP contribution < -0.4 is 14.8 Å². The van der Waals surface area contributed by atoms with E-state index in [0.717, 1.165) is 0 Å². The first-order chi connectivity index (χ1) is 13.5. The monoisotopic (exact) mass is 380 g/mol. The van der Waals surface area contributed by atoms with E-state index in [2.05, 4.69) is 5.32 Å². The molecule has 1 heterocycles. The number of amides is 2. The van der Waals surface area contributed by atoms with E-state index in [1.54, 1.807) is 38.5 Å². The maximum Gasteiger partial charge on any atom is 0.278 e. The second kappa shape index (κ2) is 8.17. The number of ether oxygens (including phenoxy) is 2. The fraction of sp³-hybridized carbons (Fsp3) is 0.273. The van der Waals surface area contributed by atoms with Gasteiger partial charge in [-0.15, -0.1) is 0 Å². The standard InChI is InChI=1S/C22H24N2O4/c1-14(2)13-24-21(25)19(15-9-5-7-11-17(15)27-3)20(22(24)26)23-16-10-6-8-12-18(16)28-4/h5-12,14,23H,13H2,1-4H3. The molecule has 28 heavy (non-hydrogen) atoms. The van der Waals surface area contributed by atoms with Gasteiger partial charge in [0.15, 0.2) is 0 Å². The number of hydrogen-bond acceptors (Lipinski definition) is 5. The first kappa shape index (κ1) is 19.5. The summed E-state index contributed by atoms with van der Waals surface area (Å²) in [4.78, 5) is 27.6. The van der Waals surface area contributed by atoms with Crippen molar-refractivity contribution in [3.05, 3.63) is 59.8 Å². The Morgan fingerprint density at radius 1 is 0.893 bits per heavy atom. The fourth-order valence-electron chi connectivity index (χ4n) is 3.21. The number of nitrogens with one attached hydrogen (secondary N) is 1. The SMILES string of the molecule is COc1ccccc1NC1=C(c2ccccc2OC)C(=O)N(CC(C)C)C1=O. The molecule has 3 rings (SSSR count). The van der Waals surface area contributed by atoms with Crippen LogP contribution in [-0.4, -0.2) is 37.5 Å². The summed E-state index contributed by atoms with van der Waals surface area (Å²) in [6.07, 6.45) is 0. The van der Waals surface area contributed by atoms with Gasteiger partial charge in [-0.3, -0.25) is 14.5 Å². The number of benzene rings is 2. The van der Waals surface area contributed by atoms with Crippen molar-refractivity contribution in [2.45, 2.75) is 13.8 Å². The molecule has 0 radical (unpaired) electrons. The molecule has 0 bridgehead atoms. The smallest absolute Gasteiger partial charge is 0.278 e. The van der Waals surface area contributed by atoms with Gasteiger partial charge in [0.25, 0.3) is 11.8 Å². The van der Waals surface area contributed by atoms with Crippen LogP contribution in [0.5, 0.6) is 11.5 Å². The molecule has 1 aliphatic heterocycles. The Balaban J connectivity index is 2.14. The van der Waals surface area contributed by atoms with E-state index in [1.807, 2.05) is 38.1 Å². The van der Waals surface area contributed by atoms with Gasteiger partial charge in [-0.05, 0) is 24.1 Å². The zero-order valence-corrected chi connectivity index (χ0v) is 16.5. The van der Waals surface area contributed by atoms with Crippen LogP contribution in [0, 0.1) is 5.92 Å². The summed E-state index contributed by atoms with van der Waals surface area (Å²) in [5.74, 6) is 0.574. The highest BCUT2D eigenvalue weighted by Gasteiger charge is 2.40. The number of methoxy groups -OCH3 is 2. The summed E-state index contributed by atoms with van der Waals surface area (Å²) in [6.45, 7) is 4.28. The highest BCUT2D eigenvalue weighted by Crippen LogP contribution is 2.36. The summed E-state index contributed by atoms with van der Waals surface area (Å²) in [5.41, 5.74) is 1.71. The van der Waals surface area contributed by atoms with Crippen LogP contribution in [0.1, 0.15) is 19.4 Å². The van der Waals surface area contributed by atoms with E-state index in [0.29, 0.717) is 34.9 Å². The number of anilines is 1. The number of imide groups is 1. The normalized spacial score (nSPS) is 14.1. The molecule has 2 aromatic carbocycles. The topological polar surface area (TPSA) is 67.9 Å². The van der Waals surface area contributed by atoms with Crippen LogP contribution in [0.3, 0.4) is 0 Å². The van der Waals surface area contributed by atoms with E-state index >= 15 is 0 Å². The van der Waals surface area contributed by atoms with Gasteiger partial charge in [-0.2, -0.15) is 0 Å². The molecule has 6 heteroatoms. The van der Waals surface area contributed by atoms with Crippen molar-refractivity contribution in [3.63, 3.8) is 0 Å².